The molecule has 6 heteroatoms. The maximum Gasteiger partial charge on any atom is 1.00 e. The van der Waals surface area contributed by atoms with E-state index in [4.69, 9.17) is 10.1 Å². The fourth-order valence-electron chi connectivity index (χ4n) is 0.0830. The van der Waals surface area contributed by atoms with Crippen LogP contribution in [0.3, 0.4) is 0 Å². The van der Waals surface area contributed by atoms with Crippen molar-refractivity contribution < 1.29 is 45.6 Å². The number of nitrogens with zero attached hydrogens (tertiary/aromatic N) is 1. The molecule has 0 spiro atoms. The van der Waals surface area contributed by atoms with Gasteiger partial charge in [-0.3, -0.25) is 4.57 Å². The molecule has 4 nitrogen and oxygen atoms in total. The average Bonchev–Trinajstić information content (AvgIpc) is 1.62. The van der Waals surface area contributed by atoms with E-state index in [0.717, 1.165) is 6.66 Å². The summed E-state index contributed by atoms with van der Waals surface area (Å²) in [5, 5.41) is 10.5. The summed E-state index contributed by atoms with van der Waals surface area (Å²) in [6.45, 7) is 2.41. The van der Waals surface area contributed by atoms with Gasteiger partial charge in [0.1, 0.15) is 5.45 Å². The van der Waals surface area contributed by atoms with Crippen LogP contribution in [0, 0.1) is 0 Å². The summed E-state index contributed by atoms with van der Waals surface area (Å²) < 4.78 is 10.4. The van der Waals surface area contributed by atoms with E-state index in [1.165, 1.54) is 6.92 Å². The summed E-state index contributed by atoms with van der Waals surface area (Å²) in [5.41, 5.74) is -0.127. The SMILES string of the molecule is CC(=NO)P(C)(=O)O.[H-].[Na+]. The van der Waals surface area contributed by atoms with Gasteiger partial charge in [-0.05, 0) is 6.92 Å². The molecule has 9 heavy (non-hydrogen) atoms. The van der Waals surface area contributed by atoms with Gasteiger partial charge < -0.3 is 11.5 Å². The van der Waals surface area contributed by atoms with Crippen molar-refractivity contribution in [3.05, 3.63) is 0 Å². The Bertz CT molecular complexity index is 156. The molecule has 0 aliphatic rings. The zero-order valence-corrected chi connectivity index (χ0v) is 8.59. The molecule has 0 saturated carbocycles. The van der Waals surface area contributed by atoms with Crippen LogP contribution in [0.2, 0.25) is 0 Å². The van der Waals surface area contributed by atoms with Crippen LogP contribution in [0.15, 0.2) is 5.16 Å². The van der Waals surface area contributed by atoms with Crippen LogP contribution in [-0.2, 0) is 4.57 Å². The Morgan fingerprint density at radius 3 is 2.11 bits per heavy atom. The molecular weight excluding hydrogens is 152 g/mol. The van der Waals surface area contributed by atoms with Crippen molar-refractivity contribution >= 4 is 12.8 Å². The van der Waals surface area contributed by atoms with E-state index in [1.807, 2.05) is 0 Å². The average molecular weight is 161 g/mol. The van der Waals surface area contributed by atoms with Crippen LogP contribution >= 0.6 is 7.37 Å². The number of hydrogen-bond donors (Lipinski definition) is 2. The van der Waals surface area contributed by atoms with E-state index >= 15 is 0 Å². The van der Waals surface area contributed by atoms with E-state index in [-0.39, 0.29) is 36.4 Å². The van der Waals surface area contributed by atoms with Crippen molar-refractivity contribution in [1.29, 1.82) is 0 Å². The molecular formula is C3H9NNaO3P. The summed E-state index contributed by atoms with van der Waals surface area (Å²) in [6, 6.07) is 0. The van der Waals surface area contributed by atoms with Crippen LogP contribution in [0.25, 0.3) is 0 Å². The summed E-state index contributed by atoms with van der Waals surface area (Å²) in [5.74, 6) is 0. The maximum atomic E-state index is 10.4. The van der Waals surface area contributed by atoms with E-state index in [2.05, 4.69) is 5.16 Å². The van der Waals surface area contributed by atoms with Gasteiger partial charge >= 0.3 is 29.6 Å². The number of hydrogen-bond acceptors (Lipinski definition) is 3. The van der Waals surface area contributed by atoms with E-state index in [0.29, 0.717) is 0 Å². The second-order valence-corrected chi connectivity index (χ2v) is 3.93. The zero-order chi connectivity index (χ0) is 6.78. The first-order valence-corrected chi connectivity index (χ1v) is 4.08. The molecule has 1 unspecified atom stereocenters. The molecule has 0 rings (SSSR count). The summed E-state index contributed by atoms with van der Waals surface area (Å²) in [4.78, 5) is 8.55. The third-order valence-electron chi connectivity index (χ3n) is 0.745. The number of oxime groups is 1. The van der Waals surface area contributed by atoms with Gasteiger partial charge in [0.25, 0.3) is 0 Å². The van der Waals surface area contributed by atoms with Gasteiger partial charge in [-0.15, -0.1) is 0 Å². The monoisotopic (exact) mass is 161 g/mol. The van der Waals surface area contributed by atoms with Crippen LogP contribution in [0.5, 0.6) is 0 Å². The van der Waals surface area contributed by atoms with Gasteiger partial charge in [0.05, 0.1) is 0 Å². The molecule has 0 saturated heterocycles. The van der Waals surface area contributed by atoms with Gasteiger partial charge in [0.15, 0.2) is 0 Å². The summed E-state index contributed by atoms with van der Waals surface area (Å²) >= 11 is 0. The van der Waals surface area contributed by atoms with Crippen LogP contribution < -0.4 is 29.6 Å². The molecule has 1 atom stereocenters. The van der Waals surface area contributed by atoms with Crippen molar-refractivity contribution in [1.82, 2.24) is 0 Å². The second-order valence-electron chi connectivity index (χ2n) is 1.53. The molecule has 0 aliphatic carbocycles. The smallest absolute Gasteiger partial charge is 1.00 e. The van der Waals surface area contributed by atoms with Crippen LogP contribution in [0.4, 0.5) is 0 Å². The largest absolute Gasteiger partial charge is 1.00 e. The molecule has 0 fully saturated rings. The first-order chi connectivity index (χ1) is 3.48. The fraction of sp³-hybridized carbons (Fsp3) is 0.667. The predicted octanol–water partition coefficient (Wildman–Crippen LogP) is -2.19. The fourth-order valence-corrected chi connectivity index (χ4v) is 0.249. The molecule has 0 heterocycles. The second kappa shape index (κ2) is 4.47. The Kier molecular flexibility index (Phi) is 6.13. The Hall–Kier alpha value is 0.660. The summed E-state index contributed by atoms with van der Waals surface area (Å²) in [6.07, 6.45) is 0. The van der Waals surface area contributed by atoms with Crippen molar-refractivity contribution in [2.24, 2.45) is 5.16 Å². The first kappa shape index (κ1) is 12.3. The van der Waals surface area contributed by atoms with E-state index in [1.54, 1.807) is 0 Å². The Morgan fingerprint density at radius 2 is 2.11 bits per heavy atom. The van der Waals surface area contributed by atoms with Crippen LogP contribution in [0.1, 0.15) is 8.35 Å². The number of rotatable bonds is 1. The molecule has 0 aromatic heterocycles. The minimum atomic E-state index is -3.26. The first-order valence-electron chi connectivity index (χ1n) is 1.98. The van der Waals surface area contributed by atoms with Gasteiger partial charge in [0.2, 0.25) is 7.37 Å². The molecule has 0 aliphatic heterocycles. The quantitative estimate of drug-likeness (QED) is 0.151. The van der Waals surface area contributed by atoms with Crippen LogP contribution in [-0.4, -0.2) is 22.2 Å². The van der Waals surface area contributed by atoms with Crippen molar-refractivity contribution in [2.45, 2.75) is 6.92 Å². The topological polar surface area (TPSA) is 69.9 Å². The molecule has 50 valence electrons. The third-order valence-corrected chi connectivity index (χ3v) is 2.04. The maximum absolute atomic E-state index is 10.4. The molecule has 0 aromatic rings. The van der Waals surface area contributed by atoms with Crippen molar-refractivity contribution in [2.75, 3.05) is 6.66 Å². The predicted molar refractivity (Wildman–Crippen MR) is 31.8 cm³/mol. The molecule has 0 radical (unpaired) electrons. The van der Waals surface area contributed by atoms with Crippen molar-refractivity contribution in [3.63, 3.8) is 0 Å². The van der Waals surface area contributed by atoms with Crippen molar-refractivity contribution in [3.8, 4) is 0 Å². The van der Waals surface area contributed by atoms with E-state index < -0.39 is 7.37 Å². The van der Waals surface area contributed by atoms with Gasteiger partial charge in [-0.1, -0.05) is 5.16 Å². The van der Waals surface area contributed by atoms with Gasteiger partial charge in [-0.25, -0.2) is 0 Å². The normalized spacial score (nSPS) is 17.9. The zero-order valence-electron chi connectivity index (χ0n) is 6.70. The minimum Gasteiger partial charge on any atom is -1.00 e. The standard InChI is InChI=1S/C3H8NO3P.Na.H/c1-3(4-5)8(2,6)7;;/h5H,1-2H3,(H,6,7);;/q;+1;-1. The van der Waals surface area contributed by atoms with Gasteiger partial charge in [-0.2, -0.15) is 0 Å². The molecule has 0 amide bonds. The van der Waals surface area contributed by atoms with E-state index in [9.17, 15) is 4.57 Å². The third kappa shape index (κ3) is 5.12. The molecule has 2 N–H and O–H groups in total. The molecule has 0 aromatic carbocycles. The molecule has 0 bridgehead atoms. The Balaban J connectivity index is -0.000000245. The minimum absolute atomic E-state index is 0. The Labute approximate surface area is 77.2 Å². The van der Waals surface area contributed by atoms with Gasteiger partial charge in [0, 0.05) is 6.66 Å². The summed E-state index contributed by atoms with van der Waals surface area (Å²) in [7, 11) is -3.26. The Morgan fingerprint density at radius 1 is 1.78 bits per heavy atom.